The molecule has 5 aromatic rings. The summed E-state index contributed by atoms with van der Waals surface area (Å²) >= 11 is 3.36. The van der Waals surface area contributed by atoms with Gasteiger partial charge in [0.2, 0.25) is 0 Å². The number of thiophene rings is 1. The van der Waals surface area contributed by atoms with Gasteiger partial charge >= 0.3 is 6.03 Å². The van der Waals surface area contributed by atoms with Crippen molar-refractivity contribution < 1.29 is 9.32 Å². The zero-order valence-corrected chi connectivity index (χ0v) is 19.5. The minimum Gasteiger partial charge on any atom is -0.360 e. The molecule has 168 valence electrons. The fourth-order valence-electron chi connectivity index (χ4n) is 3.49. The van der Waals surface area contributed by atoms with Gasteiger partial charge in [-0.15, -0.1) is 21.5 Å². The van der Waals surface area contributed by atoms with Gasteiger partial charge in [0, 0.05) is 42.6 Å². The maximum atomic E-state index is 12.0. The number of hydrogen-bond donors (Lipinski definition) is 0. The van der Waals surface area contributed by atoms with E-state index in [0.29, 0.717) is 5.75 Å². The number of fused-ring (bicyclic) bond motifs is 2. The van der Waals surface area contributed by atoms with Gasteiger partial charge in [0.1, 0.15) is 12.1 Å². The van der Waals surface area contributed by atoms with E-state index in [0.717, 1.165) is 41.8 Å². The van der Waals surface area contributed by atoms with Crippen molar-refractivity contribution in [1.29, 1.82) is 0 Å². The number of aryl methyl sites for hydroxylation is 1. The Kier molecular flexibility index (Phi) is 6.22. The fraction of sp³-hybridized carbons (Fsp3) is 0.227. The number of rotatable bonds is 3. The Morgan fingerprint density at radius 1 is 1.24 bits per heavy atom. The molecule has 6 rings (SSSR count). The van der Waals surface area contributed by atoms with E-state index < -0.39 is 0 Å². The van der Waals surface area contributed by atoms with Crippen LogP contribution in [0.1, 0.15) is 21.9 Å². The van der Waals surface area contributed by atoms with Crippen molar-refractivity contribution in [3.8, 4) is 0 Å². The molecule has 1 aliphatic heterocycles. The number of hydrogen-bond acceptors (Lipinski definition) is 8. The van der Waals surface area contributed by atoms with Gasteiger partial charge in [0.05, 0.1) is 11.4 Å². The molecule has 0 spiro atoms. The monoisotopic (exact) mass is 479 g/mol. The molecular formula is C22H21N7O2S2. The van der Waals surface area contributed by atoms with Crippen LogP contribution in [-0.4, -0.2) is 46.8 Å². The second-order valence-electron chi connectivity index (χ2n) is 7.43. The van der Waals surface area contributed by atoms with Crippen LogP contribution in [0.4, 0.5) is 4.79 Å². The van der Waals surface area contributed by atoms with Crippen LogP contribution in [0.25, 0.3) is 5.65 Å². The van der Waals surface area contributed by atoms with Crippen LogP contribution in [0.5, 0.6) is 0 Å². The van der Waals surface area contributed by atoms with Crippen molar-refractivity contribution >= 4 is 34.8 Å². The van der Waals surface area contributed by atoms with Crippen LogP contribution >= 0.6 is 23.1 Å². The van der Waals surface area contributed by atoms with E-state index in [4.69, 9.17) is 4.52 Å². The first-order valence-electron chi connectivity index (χ1n) is 10.3. The number of imidazole rings is 1. The topological polar surface area (TPSA) is 94.3 Å². The predicted molar refractivity (Wildman–Crippen MR) is 125 cm³/mol. The molecule has 0 atom stereocenters. The number of thioether (sulfide) groups is 1. The van der Waals surface area contributed by atoms with Gasteiger partial charge in [-0.05, 0) is 42.5 Å². The quantitative estimate of drug-likeness (QED) is 0.356. The van der Waals surface area contributed by atoms with Crippen molar-refractivity contribution in [3.63, 3.8) is 0 Å². The molecule has 9 nitrogen and oxygen atoms in total. The van der Waals surface area contributed by atoms with E-state index >= 15 is 0 Å². The van der Waals surface area contributed by atoms with Crippen LogP contribution in [0.2, 0.25) is 0 Å². The molecule has 0 saturated carbocycles. The molecule has 11 heteroatoms. The largest absolute Gasteiger partial charge is 0.360 e. The SMILES string of the molecule is Cc1cc(CSc2nnc3ccccn23)on1.O=C(N1CCc2sccc2C1)n1ccnc1. The lowest BCUT2D eigenvalue weighted by atomic mass is 10.1. The van der Waals surface area contributed by atoms with Gasteiger partial charge < -0.3 is 9.42 Å². The van der Waals surface area contributed by atoms with Crippen LogP contribution in [0.15, 0.2) is 70.3 Å². The number of amides is 1. The van der Waals surface area contributed by atoms with Gasteiger partial charge in [-0.2, -0.15) is 0 Å². The average molecular weight is 480 g/mol. The second-order valence-corrected chi connectivity index (χ2v) is 9.37. The Hall–Kier alpha value is -3.44. The van der Waals surface area contributed by atoms with E-state index in [2.05, 4.69) is 31.8 Å². The Balaban J connectivity index is 0.000000139. The zero-order valence-electron chi connectivity index (χ0n) is 17.9. The van der Waals surface area contributed by atoms with Crippen molar-refractivity contribution in [2.45, 2.75) is 30.8 Å². The van der Waals surface area contributed by atoms with E-state index in [1.54, 1.807) is 41.8 Å². The molecule has 0 aromatic carbocycles. The molecule has 0 bridgehead atoms. The molecule has 33 heavy (non-hydrogen) atoms. The minimum atomic E-state index is 0.00866. The highest BCUT2D eigenvalue weighted by molar-refractivity contribution is 7.98. The summed E-state index contributed by atoms with van der Waals surface area (Å²) in [5.74, 6) is 1.55. The summed E-state index contributed by atoms with van der Waals surface area (Å²) in [5, 5.41) is 15.0. The summed E-state index contributed by atoms with van der Waals surface area (Å²) < 4.78 is 8.62. The number of carbonyl (C=O) groups excluding carboxylic acids is 1. The summed E-state index contributed by atoms with van der Waals surface area (Å²) in [5.41, 5.74) is 3.03. The lowest BCUT2D eigenvalue weighted by molar-refractivity contribution is 0.194. The highest BCUT2D eigenvalue weighted by Gasteiger charge is 2.22. The molecule has 5 aromatic heterocycles. The van der Waals surface area contributed by atoms with Crippen molar-refractivity contribution in [2.24, 2.45) is 0 Å². The van der Waals surface area contributed by atoms with E-state index in [1.807, 2.05) is 46.7 Å². The Morgan fingerprint density at radius 3 is 3.00 bits per heavy atom. The fourth-order valence-corrected chi connectivity index (χ4v) is 5.17. The first-order chi connectivity index (χ1) is 16.2. The van der Waals surface area contributed by atoms with Gasteiger partial charge in [-0.25, -0.2) is 9.78 Å². The molecule has 0 aliphatic carbocycles. The number of pyridine rings is 1. The smallest absolute Gasteiger partial charge is 0.329 e. The highest BCUT2D eigenvalue weighted by atomic mass is 32.2. The predicted octanol–water partition coefficient (Wildman–Crippen LogP) is 4.29. The first-order valence-corrected chi connectivity index (χ1v) is 12.2. The second kappa shape index (κ2) is 9.59. The van der Waals surface area contributed by atoms with Gasteiger partial charge in [0.15, 0.2) is 10.8 Å². The molecular weight excluding hydrogens is 458 g/mol. The summed E-state index contributed by atoms with van der Waals surface area (Å²) in [6.07, 6.45) is 7.77. The van der Waals surface area contributed by atoms with E-state index in [1.165, 1.54) is 15.0 Å². The minimum absolute atomic E-state index is 0.00866. The standard InChI is InChI=1S/C11H10N4OS.C11H11N3OS/c1-8-6-9(16-14-8)7-17-11-13-12-10-4-2-3-5-15(10)11;15-11(14-5-3-12-8-14)13-4-1-10-9(7-13)2-6-16-10/h2-6H,7H2,1H3;2-3,5-6,8H,1,4,7H2. The van der Waals surface area contributed by atoms with E-state index in [9.17, 15) is 4.79 Å². The summed E-state index contributed by atoms with van der Waals surface area (Å²) in [6.45, 7) is 3.42. The van der Waals surface area contributed by atoms with Crippen LogP contribution < -0.4 is 0 Å². The van der Waals surface area contributed by atoms with Crippen molar-refractivity contribution in [2.75, 3.05) is 6.54 Å². The number of carbonyl (C=O) groups is 1. The molecule has 1 aliphatic rings. The number of aromatic nitrogens is 6. The van der Waals surface area contributed by atoms with Gasteiger partial charge in [0.25, 0.3) is 0 Å². The average Bonchev–Trinajstić information content (AvgIpc) is 3.65. The third-order valence-electron chi connectivity index (χ3n) is 5.11. The molecule has 0 N–H and O–H groups in total. The van der Waals surface area contributed by atoms with Crippen LogP contribution in [-0.2, 0) is 18.7 Å². The van der Waals surface area contributed by atoms with Crippen LogP contribution in [0.3, 0.4) is 0 Å². The van der Waals surface area contributed by atoms with E-state index in [-0.39, 0.29) is 6.03 Å². The van der Waals surface area contributed by atoms with Crippen molar-refractivity contribution in [1.82, 2.24) is 34.2 Å². The summed E-state index contributed by atoms with van der Waals surface area (Å²) in [4.78, 5) is 19.2. The maximum Gasteiger partial charge on any atom is 0.329 e. The highest BCUT2D eigenvalue weighted by Crippen LogP contribution is 2.24. The Bertz CT molecular complexity index is 1360. The van der Waals surface area contributed by atoms with Crippen molar-refractivity contribution in [3.05, 3.63) is 82.5 Å². The molecule has 6 heterocycles. The van der Waals surface area contributed by atoms with Gasteiger partial charge in [-0.3, -0.25) is 8.97 Å². The zero-order chi connectivity index (χ0) is 22.6. The first kappa shape index (κ1) is 21.4. The molecule has 0 fully saturated rings. The van der Waals surface area contributed by atoms with Gasteiger partial charge in [-0.1, -0.05) is 23.0 Å². The Labute approximate surface area is 198 Å². The summed E-state index contributed by atoms with van der Waals surface area (Å²) in [7, 11) is 0. The lowest BCUT2D eigenvalue weighted by Gasteiger charge is -2.26. The third kappa shape index (κ3) is 4.83. The maximum absolute atomic E-state index is 12.0. The number of nitrogens with zero attached hydrogens (tertiary/aromatic N) is 7. The normalized spacial score (nSPS) is 12.9. The third-order valence-corrected chi connectivity index (χ3v) is 7.09. The lowest BCUT2D eigenvalue weighted by Crippen LogP contribution is -2.37. The molecule has 0 saturated heterocycles. The summed E-state index contributed by atoms with van der Waals surface area (Å²) in [6, 6.07) is 9.87. The molecule has 0 unspecified atom stereocenters. The Morgan fingerprint density at radius 2 is 2.18 bits per heavy atom. The molecule has 1 amide bonds. The molecule has 0 radical (unpaired) electrons. The van der Waals surface area contributed by atoms with Crippen LogP contribution in [0, 0.1) is 6.92 Å².